The standard InChI is InChI=1S/C10H24N2O4S/c1-3-11-5-4-10-17(13,14)12-6-7-16-9-8-15-2/h11-12H,3-10H2,1-2H3. The molecule has 7 heteroatoms. The van der Waals surface area contributed by atoms with Gasteiger partial charge in [-0.3, -0.25) is 0 Å². The molecule has 0 aromatic rings. The minimum absolute atomic E-state index is 0.151. The van der Waals surface area contributed by atoms with Crippen LogP contribution in [0, 0.1) is 0 Å². The van der Waals surface area contributed by atoms with E-state index in [2.05, 4.69) is 10.0 Å². The number of hydrogen-bond donors (Lipinski definition) is 2. The lowest BCUT2D eigenvalue weighted by Gasteiger charge is -2.07. The van der Waals surface area contributed by atoms with Gasteiger partial charge in [-0.1, -0.05) is 6.92 Å². The van der Waals surface area contributed by atoms with Gasteiger partial charge in [0.2, 0.25) is 10.0 Å². The van der Waals surface area contributed by atoms with E-state index >= 15 is 0 Å². The average molecular weight is 268 g/mol. The van der Waals surface area contributed by atoms with Crippen molar-refractivity contribution in [2.75, 3.05) is 52.3 Å². The molecule has 0 aromatic heterocycles. The molecule has 0 unspecified atom stereocenters. The highest BCUT2D eigenvalue weighted by atomic mass is 32.2. The second-order valence-corrected chi connectivity index (χ2v) is 5.45. The summed E-state index contributed by atoms with van der Waals surface area (Å²) in [6, 6.07) is 0. The first-order valence-electron chi connectivity index (χ1n) is 5.87. The van der Waals surface area contributed by atoms with Crippen molar-refractivity contribution in [3.05, 3.63) is 0 Å². The second-order valence-electron chi connectivity index (χ2n) is 3.53. The molecule has 0 spiro atoms. The maximum Gasteiger partial charge on any atom is 0.211 e. The Morgan fingerprint density at radius 1 is 1.12 bits per heavy atom. The van der Waals surface area contributed by atoms with Crippen molar-refractivity contribution in [2.45, 2.75) is 13.3 Å². The Morgan fingerprint density at radius 3 is 2.53 bits per heavy atom. The van der Waals surface area contributed by atoms with Crippen LogP contribution in [0.5, 0.6) is 0 Å². The maximum absolute atomic E-state index is 11.5. The van der Waals surface area contributed by atoms with Crippen LogP contribution in [0.25, 0.3) is 0 Å². The summed E-state index contributed by atoms with van der Waals surface area (Å²) in [6.45, 7) is 5.27. The number of rotatable bonds is 12. The minimum Gasteiger partial charge on any atom is -0.382 e. The zero-order valence-corrected chi connectivity index (χ0v) is 11.5. The maximum atomic E-state index is 11.5. The van der Waals surface area contributed by atoms with E-state index in [0.717, 1.165) is 13.1 Å². The van der Waals surface area contributed by atoms with Crippen molar-refractivity contribution in [2.24, 2.45) is 0 Å². The molecule has 6 nitrogen and oxygen atoms in total. The lowest BCUT2D eigenvalue weighted by atomic mass is 10.5. The van der Waals surface area contributed by atoms with Crippen LogP contribution < -0.4 is 10.0 Å². The third-order valence-corrected chi connectivity index (χ3v) is 3.49. The molecule has 0 bridgehead atoms. The van der Waals surface area contributed by atoms with Gasteiger partial charge in [0.25, 0.3) is 0 Å². The molecule has 104 valence electrons. The summed E-state index contributed by atoms with van der Waals surface area (Å²) in [5.41, 5.74) is 0. The summed E-state index contributed by atoms with van der Waals surface area (Å²) in [4.78, 5) is 0. The molecule has 0 atom stereocenters. The van der Waals surface area contributed by atoms with Crippen LogP contribution in [0.15, 0.2) is 0 Å². The highest BCUT2D eigenvalue weighted by Gasteiger charge is 2.08. The smallest absolute Gasteiger partial charge is 0.211 e. The van der Waals surface area contributed by atoms with E-state index in [4.69, 9.17) is 9.47 Å². The van der Waals surface area contributed by atoms with Gasteiger partial charge in [0.15, 0.2) is 0 Å². The minimum atomic E-state index is -3.16. The number of sulfonamides is 1. The molecular formula is C10H24N2O4S. The molecule has 0 aliphatic heterocycles. The molecule has 0 aliphatic carbocycles. The summed E-state index contributed by atoms with van der Waals surface area (Å²) >= 11 is 0. The zero-order valence-electron chi connectivity index (χ0n) is 10.7. The van der Waals surface area contributed by atoms with Crippen LogP contribution in [0.1, 0.15) is 13.3 Å². The van der Waals surface area contributed by atoms with E-state index in [-0.39, 0.29) is 5.75 Å². The summed E-state index contributed by atoms with van der Waals surface area (Å²) in [5.74, 6) is 0.151. The predicted octanol–water partition coefficient (Wildman–Crippen LogP) is -0.432. The Labute approximate surface area is 104 Å². The van der Waals surface area contributed by atoms with Gasteiger partial charge in [-0.05, 0) is 19.5 Å². The lowest BCUT2D eigenvalue weighted by Crippen LogP contribution is -2.31. The summed E-state index contributed by atoms with van der Waals surface area (Å²) in [7, 11) is -1.56. The van der Waals surface area contributed by atoms with Gasteiger partial charge in [0, 0.05) is 13.7 Å². The molecule has 0 aliphatic rings. The molecule has 0 radical (unpaired) electrons. The fourth-order valence-electron chi connectivity index (χ4n) is 1.15. The van der Waals surface area contributed by atoms with Crippen LogP contribution >= 0.6 is 0 Å². The molecule has 0 fully saturated rings. The van der Waals surface area contributed by atoms with E-state index < -0.39 is 10.0 Å². The van der Waals surface area contributed by atoms with Crippen LogP contribution in [0.3, 0.4) is 0 Å². The van der Waals surface area contributed by atoms with Crippen molar-refractivity contribution >= 4 is 10.0 Å². The van der Waals surface area contributed by atoms with Gasteiger partial charge < -0.3 is 14.8 Å². The van der Waals surface area contributed by atoms with E-state index in [1.165, 1.54) is 0 Å². The third-order valence-electron chi connectivity index (χ3n) is 2.02. The normalized spacial score (nSPS) is 11.9. The Balaban J connectivity index is 3.44. The van der Waals surface area contributed by atoms with Gasteiger partial charge in [-0.2, -0.15) is 0 Å². The van der Waals surface area contributed by atoms with Gasteiger partial charge in [-0.15, -0.1) is 0 Å². The summed E-state index contributed by atoms with van der Waals surface area (Å²) in [5, 5.41) is 3.08. The molecule has 0 saturated carbocycles. The monoisotopic (exact) mass is 268 g/mol. The number of hydrogen-bond acceptors (Lipinski definition) is 5. The molecule has 17 heavy (non-hydrogen) atoms. The van der Waals surface area contributed by atoms with Gasteiger partial charge in [0.1, 0.15) is 0 Å². The zero-order chi connectivity index (χ0) is 13.0. The highest BCUT2D eigenvalue weighted by molar-refractivity contribution is 7.89. The second kappa shape index (κ2) is 10.9. The Kier molecular flexibility index (Phi) is 10.8. The van der Waals surface area contributed by atoms with Gasteiger partial charge in [0.05, 0.1) is 25.6 Å². The summed E-state index contributed by atoms with van der Waals surface area (Å²) < 4.78 is 35.4. The Bertz CT molecular complexity index is 257. The number of methoxy groups -OCH3 is 1. The molecule has 0 heterocycles. The van der Waals surface area contributed by atoms with E-state index in [0.29, 0.717) is 32.8 Å². The van der Waals surface area contributed by atoms with Crippen LogP contribution in [0.2, 0.25) is 0 Å². The molecule has 0 saturated heterocycles. The first-order valence-corrected chi connectivity index (χ1v) is 7.52. The van der Waals surface area contributed by atoms with Crippen molar-refractivity contribution in [3.63, 3.8) is 0 Å². The largest absolute Gasteiger partial charge is 0.382 e. The molecule has 0 rings (SSSR count). The van der Waals surface area contributed by atoms with Crippen molar-refractivity contribution in [3.8, 4) is 0 Å². The van der Waals surface area contributed by atoms with E-state index in [1.54, 1.807) is 7.11 Å². The lowest BCUT2D eigenvalue weighted by molar-refractivity contribution is 0.0736. The molecule has 2 N–H and O–H groups in total. The fraction of sp³-hybridized carbons (Fsp3) is 1.00. The van der Waals surface area contributed by atoms with Crippen molar-refractivity contribution in [1.29, 1.82) is 0 Å². The first-order chi connectivity index (χ1) is 8.12. The Hall–Kier alpha value is -0.210. The van der Waals surface area contributed by atoms with Crippen molar-refractivity contribution < 1.29 is 17.9 Å². The fourth-order valence-corrected chi connectivity index (χ4v) is 2.21. The third kappa shape index (κ3) is 12.0. The molecule has 0 aromatic carbocycles. The van der Waals surface area contributed by atoms with Crippen LogP contribution in [-0.2, 0) is 19.5 Å². The van der Waals surface area contributed by atoms with Crippen molar-refractivity contribution in [1.82, 2.24) is 10.0 Å². The van der Waals surface area contributed by atoms with E-state index in [1.807, 2.05) is 6.92 Å². The highest BCUT2D eigenvalue weighted by Crippen LogP contribution is 1.88. The predicted molar refractivity (Wildman–Crippen MR) is 67.6 cm³/mol. The molecular weight excluding hydrogens is 244 g/mol. The topological polar surface area (TPSA) is 76.7 Å². The molecule has 0 amide bonds. The number of ether oxygens (including phenoxy) is 2. The number of nitrogens with one attached hydrogen (secondary N) is 2. The SMILES string of the molecule is CCNCCCS(=O)(=O)NCCOCCOC. The van der Waals surface area contributed by atoms with E-state index in [9.17, 15) is 8.42 Å². The van der Waals surface area contributed by atoms with Crippen LogP contribution in [-0.4, -0.2) is 60.7 Å². The first kappa shape index (κ1) is 16.8. The average Bonchev–Trinajstić information content (AvgIpc) is 2.29. The van der Waals surface area contributed by atoms with Gasteiger partial charge >= 0.3 is 0 Å². The Morgan fingerprint density at radius 2 is 1.88 bits per heavy atom. The quantitative estimate of drug-likeness (QED) is 0.470. The van der Waals surface area contributed by atoms with Crippen LogP contribution in [0.4, 0.5) is 0 Å². The van der Waals surface area contributed by atoms with Gasteiger partial charge in [-0.25, -0.2) is 13.1 Å². The summed E-state index contributed by atoms with van der Waals surface area (Å²) in [6.07, 6.45) is 0.619.